The zero-order chi connectivity index (χ0) is 20.4. The highest BCUT2D eigenvalue weighted by Crippen LogP contribution is 2.29. The molecule has 1 atom stereocenters. The number of nitrogens with one attached hydrogen (secondary N) is 3. The first-order chi connectivity index (χ1) is 14.0. The van der Waals surface area contributed by atoms with E-state index in [2.05, 4.69) is 20.7 Å². The lowest BCUT2D eigenvalue weighted by Crippen LogP contribution is -2.37. The summed E-state index contributed by atoms with van der Waals surface area (Å²) in [6.07, 6.45) is 2.31. The largest absolute Gasteiger partial charge is 0.489 e. The Morgan fingerprint density at radius 3 is 2.90 bits per heavy atom. The van der Waals surface area contributed by atoms with Gasteiger partial charge in [-0.3, -0.25) is 19.1 Å². The topological polar surface area (TPSA) is 118 Å². The Labute approximate surface area is 166 Å². The highest BCUT2D eigenvalue weighted by molar-refractivity contribution is 5.96. The van der Waals surface area contributed by atoms with E-state index < -0.39 is 11.5 Å². The summed E-state index contributed by atoms with van der Waals surface area (Å²) in [5, 5.41) is 9.45. The van der Waals surface area contributed by atoms with Crippen LogP contribution in [0.15, 0.2) is 41.3 Å². The number of H-pyrrole nitrogens is 1. The van der Waals surface area contributed by atoms with Crippen molar-refractivity contribution < 1.29 is 14.3 Å². The van der Waals surface area contributed by atoms with Gasteiger partial charge in [-0.1, -0.05) is 18.2 Å². The molecule has 3 aromatic rings. The zero-order valence-corrected chi connectivity index (χ0v) is 15.9. The quantitative estimate of drug-likeness (QED) is 0.526. The number of rotatable bonds is 6. The first kappa shape index (κ1) is 18.7. The van der Waals surface area contributed by atoms with Crippen molar-refractivity contribution in [2.24, 2.45) is 7.05 Å². The molecule has 1 aliphatic heterocycles. The van der Waals surface area contributed by atoms with Crippen molar-refractivity contribution >= 4 is 22.8 Å². The molecule has 150 valence electrons. The summed E-state index contributed by atoms with van der Waals surface area (Å²) in [6.45, 7) is 0.468. The van der Waals surface area contributed by atoms with E-state index in [1.165, 1.54) is 12.3 Å². The summed E-state index contributed by atoms with van der Waals surface area (Å²) in [7, 11) is 1.73. The van der Waals surface area contributed by atoms with Crippen molar-refractivity contribution in [1.82, 2.24) is 25.4 Å². The van der Waals surface area contributed by atoms with Crippen LogP contribution < -0.4 is 20.9 Å². The predicted molar refractivity (Wildman–Crippen MR) is 106 cm³/mol. The lowest BCUT2D eigenvalue weighted by atomic mass is 10.1. The van der Waals surface area contributed by atoms with Gasteiger partial charge in [0.15, 0.2) is 0 Å². The molecule has 0 radical (unpaired) electrons. The van der Waals surface area contributed by atoms with E-state index >= 15 is 0 Å². The minimum atomic E-state index is -0.502. The number of carbonyl (C=O) groups excluding carboxylic acids is 2. The summed E-state index contributed by atoms with van der Waals surface area (Å²) in [4.78, 5) is 39.1. The molecule has 2 amide bonds. The molecule has 0 spiro atoms. The Hall–Kier alpha value is -3.62. The number of benzene rings is 1. The number of aromatic nitrogens is 3. The number of aromatic amines is 1. The fourth-order valence-electron chi connectivity index (χ4n) is 3.39. The smallest absolute Gasteiger partial charge is 0.261 e. The van der Waals surface area contributed by atoms with E-state index in [-0.39, 0.29) is 37.1 Å². The third kappa shape index (κ3) is 3.98. The molecule has 0 aliphatic carbocycles. The maximum absolute atomic E-state index is 12.3. The standard InChI is InChI=1S/C20H21N5O4/c1-25-16-10-14(20(28)24-15(16)11-23-25)19(27)22-7-6-21-18(26)9-13-8-12-4-2-3-5-17(12)29-13/h2-5,10-11,13H,6-9H2,1H3,(H,21,26)(H,22,27)(H,24,28). The second kappa shape index (κ2) is 7.78. The molecule has 3 heterocycles. The number of hydrogen-bond donors (Lipinski definition) is 3. The van der Waals surface area contributed by atoms with Crippen LogP contribution in [0.5, 0.6) is 5.75 Å². The van der Waals surface area contributed by atoms with Crippen LogP contribution >= 0.6 is 0 Å². The number of para-hydroxylation sites is 1. The minimum Gasteiger partial charge on any atom is -0.489 e. The number of amides is 2. The molecule has 0 saturated carbocycles. The second-order valence-corrected chi connectivity index (χ2v) is 6.94. The molecule has 3 N–H and O–H groups in total. The first-order valence-electron chi connectivity index (χ1n) is 9.36. The lowest BCUT2D eigenvalue weighted by Gasteiger charge is -2.11. The Morgan fingerprint density at radius 2 is 2.07 bits per heavy atom. The van der Waals surface area contributed by atoms with Gasteiger partial charge in [0.2, 0.25) is 5.91 Å². The summed E-state index contributed by atoms with van der Waals surface area (Å²) in [6, 6.07) is 9.25. The van der Waals surface area contributed by atoms with E-state index in [0.717, 1.165) is 11.3 Å². The summed E-state index contributed by atoms with van der Waals surface area (Å²) in [5.74, 6) is 0.178. The van der Waals surface area contributed by atoms with Gasteiger partial charge >= 0.3 is 0 Å². The summed E-state index contributed by atoms with van der Waals surface area (Å²) < 4.78 is 7.33. The van der Waals surface area contributed by atoms with Crippen molar-refractivity contribution in [3.05, 3.63) is 58.0 Å². The molecule has 0 saturated heterocycles. The average Bonchev–Trinajstić information content (AvgIpc) is 3.27. The van der Waals surface area contributed by atoms with Crippen LogP contribution in [-0.2, 0) is 18.3 Å². The maximum atomic E-state index is 12.3. The van der Waals surface area contributed by atoms with E-state index in [1.807, 2.05) is 24.3 Å². The average molecular weight is 395 g/mol. The summed E-state index contributed by atoms with van der Waals surface area (Å²) >= 11 is 0. The molecule has 0 bridgehead atoms. The Bertz CT molecular complexity index is 1110. The van der Waals surface area contributed by atoms with Crippen molar-refractivity contribution in [1.29, 1.82) is 0 Å². The number of fused-ring (bicyclic) bond motifs is 2. The highest BCUT2D eigenvalue weighted by Gasteiger charge is 2.24. The van der Waals surface area contributed by atoms with E-state index in [4.69, 9.17) is 4.74 Å². The Kier molecular flexibility index (Phi) is 5.03. The number of nitrogens with zero attached hydrogens (tertiary/aromatic N) is 2. The molecule has 2 aromatic heterocycles. The molecule has 1 aliphatic rings. The number of hydrogen-bond acceptors (Lipinski definition) is 5. The fraction of sp³-hybridized carbons (Fsp3) is 0.300. The minimum absolute atomic E-state index is 0.00421. The van der Waals surface area contributed by atoms with Gasteiger partial charge in [-0.25, -0.2) is 0 Å². The number of carbonyl (C=O) groups is 2. The summed E-state index contributed by atoms with van der Waals surface area (Å²) in [5.41, 5.74) is 1.85. The molecule has 4 rings (SSSR count). The molecule has 9 nitrogen and oxygen atoms in total. The molecule has 9 heteroatoms. The molecular formula is C20H21N5O4. The van der Waals surface area contributed by atoms with Gasteiger partial charge in [0.1, 0.15) is 17.4 Å². The molecule has 1 aromatic carbocycles. The van der Waals surface area contributed by atoms with E-state index in [1.54, 1.807) is 11.7 Å². The van der Waals surface area contributed by atoms with Gasteiger partial charge in [-0.2, -0.15) is 5.10 Å². The number of aryl methyl sites for hydroxylation is 1. The highest BCUT2D eigenvalue weighted by atomic mass is 16.5. The van der Waals surface area contributed by atoms with Crippen LogP contribution in [0.25, 0.3) is 11.0 Å². The van der Waals surface area contributed by atoms with Crippen LogP contribution in [0.1, 0.15) is 22.3 Å². The van der Waals surface area contributed by atoms with Gasteiger partial charge in [-0.05, 0) is 17.7 Å². The van der Waals surface area contributed by atoms with Crippen molar-refractivity contribution in [3.63, 3.8) is 0 Å². The van der Waals surface area contributed by atoms with Crippen LogP contribution in [0.4, 0.5) is 0 Å². The molecular weight excluding hydrogens is 374 g/mol. The van der Waals surface area contributed by atoms with Gasteiger partial charge in [0.25, 0.3) is 11.5 Å². The van der Waals surface area contributed by atoms with Gasteiger partial charge in [0, 0.05) is 26.6 Å². The van der Waals surface area contributed by atoms with E-state index in [9.17, 15) is 14.4 Å². The first-order valence-corrected chi connectivity index (χ1v) is 9.36. The third-order valence-corrected chi connectivity index (χ3v) is 4.86. The number of ether oxygens (including phenoxy) is 1. The van der Waals surface area contributed by atoms with Gasteiger partial charge in [-0.15, -0.1) is 0 Å². The SMILES string of the molecule is Cn1ncc2[nH]c(=O)c(C(=O)NCCNC(=O)CC3Cc4ccccc4O3)cc21. The van der Waals surface area contributed by atoms with Gasteiger partial charge in [0.05, 0.1) is 23.7 Å². The van der Waals surface area contributed by atoms with Crippen LogP contribution in [0.3, 0.4) is 0 Å². The molecule has 0 fully saturated rings. The lowest BCUT2D eigenvalue weighted by molar-refractivity contribution is -0.122. The van der Waals surface area contributed by atoms with Crippen LogP contribution in [0.2, 0.25) is 0 Å². The third-order valence-electron chi connectivity index (χ3n) is 4.86. The van der Waals surface area contributed by atoms with Gasteiger partial charge < -0.3 is 20.4 Å². The van der Waals surface area contributed by atoms with Crippen molar-refractivity contribution in [2.45, 2.75) is 18.9 Å². The monoisotopic (exact) mass is 395 g/mol. The molecule has 1 unspecified atom stereocenters. The second-order valence-electron chi connectivity index (χ2n) is 6.94. The number of pyridine rings is 1. The molecule has 29 heavy (non-hydrogen) atoms. The van der Waals surface area contributed by atoms with Crippen LogP contribution in [0, 0.1) is 0 Å². The van der Waals surface area contributed by atoms with Crippen LogP contribution in [-0.4, -0.2) is 45.8 Å². The Morgan fingerprint density at radius 1 is 1.28 bits per heavy atom. The predicted octanol–water partition coefficient (Wildman–Crippen LogP) is 0.501. The van der Waals surface area contributed by atoms with Crippen molar-refractivity contribution in [3.8, 4) is 5.75 Å². The maximum Gasteiger partial charge on any atom is 0.261 e. The normalized spacial score (nSPS) is 15.0. The Balaban J connectivity index is 1.24. The van der Waals surface area contributed by atoms with E-state index in [0.29, 0.717) is 17.5 Å². The zero-order valence-electron chi connectivity index (χ0n) is 15.9. The van der Waals surface area contributed by atoms with Crippen molar-refractivity contribution in [2.75, 3.05) is 13.1 Å². The fourth-order valence-corrected chi connectivity index (χ4v) is 3.39.